The van der Waals surface area contributed by atoms with Gasteiger partial charge in [-0.25, -0.2) is 0 Å². The summed E-state index contributed by atoms with van der Waals surface area (Å²) in [5.41, 5.74) is 3.94. The van der Waals surface area contributed by atoms with E-state index in [1.807, 2.05) is 77.7 Å². The zero-order valence-corrected chi connectivity index (χ0v) is 16.7. The van der Waals surface area contributed by atoms with E-state index in [1.165, 1.54) is 12.5 Å². The molecule has 3 aromatic carbocycles. The van der Waals surface area contributed by atoms with Crippen molar-refractivity contribution < 1.29 is 9.59 Å². The molecule has 2 amide bonds. The number of carbonyl (C=O) groups excluding carboxylic acids is 2. The van der Waals surface area contributed by atoms with Crippen LogP contribution in [-0.2, 0) is 24.3 Å². The topological polar surface area (TPSA) is 49.4 Å². The third-order valence-corrected chi connectivity index (χ3v) is 4.76. The minimum absolute atomic E-state index is 0.0101. The molecule has 0 spiro atoms. The van der Waals surface area contributed by atoms with Crippen LogP contribution >= 0.6 is 0 Å². The number of carbonyl (C=O) groups is 2. The Kier molecular flexibility index (Phi) is 7.17. The van der Waals surface area contributed by atoms with Crippen LogP contribution in [0.3, 0.4) is 0 Å². The van der Waals surface area contributed by atoms with Crippen LogP contribution in [0.1, 0.15) is 34.0 Å². The predicted octanol–water partition coefficient (Wildman–Crippen LogP) is 4.21. The molecule has 1 N–H and O–H groups in total. The molecule has 0 bridgehead atoms. The van der Waals surface area contributed by atoms with Gasteiger partial charge in [0.1, 0.15) is 0 Å². The first-order valence-electron chi connectivity index (χ1n) is 9.82. The standard InChI is InChI=1S/C25H26N2O2/c1-20(28)26-18-22-12-14-24(15-13-22)25(29)27(19-23-10-6-3-7-11-23)17-16-21-8-4-2-5-9-21/h2-15H,16-19H2,1H3,(H,26,28). The largest absolute Gasteiger partial charge is 0.352 e. The second-order valence-corrected chi connectivity index (χ2v) is 7.05. The van der Waals surface area contributed by atoms with Crippen molar-refractivity contribution in [3.05, 3.63) is 107 Å². The van der Waals surface area contributed by atoms with Gasteiger partial charge < -0.3 is 10.2 Å². The Bertz CT molecular complexity index is 922. The number of benzene rings is 3. The number of rotatable bonds is 8. The normalized spacial score (nSPS) is 10.4. The Balaban J connectivity index is 1.73. The van der Waals surface area contributed by atoms with Gasteiger partial charge in [-0.3, -0.25) is 9.59 Å². The molecule has 0 aliphatic rings. The molecule has 4 nitrogen and oxygen atoms in total. The lowest BCUT2D eigenvalue weighted by Gasteiger charge is -2.23. The van der Waals surface area contributed by atoms with Gasteiger partial charge in [0, 0.05) is 32.1 Å². The molecule has 4 heteroatoms. The Morgan fingerprint density at radius 3 is 1.93 bits per heavy atom. The minimum Gasteiger partial charge on any atom is -0.352 e. The highest BCUT2D eigenvalue weighted by molar-refractivity contribution is 5.94. The lowest BCUT2D eigenvalue weighted by Crippen LogP contribution is -2.32. The van der Waals surface area contributed by atoms with E-state index in [-0.39, 0.29) is 11.8 Å². The van der Waals surface area contributed by atoms with Gasteiger partial charge in [0.15, 0.2) is 0 Å². The molecule has 148 valence electrons. The van der Waals surface area contributed by atoms with E-state index >= 15 is 0 Å². The molecule has 0 aromatic heterocycles. The monoisotopic (exact) mass is 386 g/mol. The first kappa shape index (κ1) is 20.3. The van der Waals surface area contributed by atoms with Crippen molar-refractivity contribution in [1.82, 2.24) is 10.2 Å². The number of hydrogen-bond acceptors (Lipinski definition) is 2. The summed E-state index contributed by atoms with van der Waals surface area (Å²) < 4.78 is 0. The first-order valence-corrected chi connectivity index (χ1v) is 9.82. The van der Waals surface area contributed by atoms with Crippen molar-refractivity contribution in [3.8, 4) is 0 Å². The van der Waals surface area contributed by atoms with Gasteiger partial charge >= 0.3 is 0 Å². The third kappa shape index (κ3) is 6.32. The Hall–Kier alpha value is -3.40. The van der Waals surface area contributed by atoms with Gasteiger partial charge in [-0.2, -0.15) is 0 Å². The molecule has 0 saturated heterocycles. The molecule has 0 fully saturated rings. The van der Waals surface area contributed by atoms with Crippen LogP contribution in [0.25, 0.3) is 0 Å². The van der Waals surface area contributed by atoms with Crippen molar-refractivity contribution in [2.45, 2.75) is 26.4 Å². The number of amides is 2. The lowest BCUT2D eigenvalue weighted by molar-refractivity contribution is -0.119. The SMILES string of the molecule is CC(=O)NCc1ccc(C(=O)N(CCc2ccccc2)Cc2ccccc2)cc1. The fourth-order valence-corrected chi connectivity index (χ4v) is 3.14. The maximum atomic E-state index is 13.2. The van der Waals surface area contributed by atoms with Gasteiger partial charge in [0.2, 0.25) is 5.91 Å². The van der Waals surface area contributed by atoms with Gasteiger partial charge in [-0.15, -0.1) is 0 Å². The molecule has 0 aliphatic heterocycles. The fraction of sp³-hybridized carbons (Fsp3) is 0.200. The maximum Gasteiger partial charge on any atom is 0.254 e. The summed E-state index contributed by atoms with van der Waals surface area (Å²) in [6.45, 7) is 3.17. The molecular formula is C25H26N2O2. The summed E-state index contributed by atoms with van der Waals surface area (Å²) in [6, 6.07) is 27.7. The van der Waals surface area contributed by atoms with Crippen molar-refractivity contribution in [3.63, 3.8) is 0 Å². The molecule has 0 atom stereocenters. The zero-order chi connectivity index (χ0) is 20.5. The predicted molar refractivity (Wildman–Crippen MR) is 115 cm³/mol. The third-order valence-electron chi connectivity index (χ3n) is 4.76. The van der Waals surface area contributed by atoms with Crippen LogP contribution in [0.15, 0.2) is 84.9 Å². The Labute approximate surface area is 172 Å². The summed E-state index contributed by atoms with van der Waals surface area (Å²) in [7, 11) is 0. The number of nitrogens with zero attached hydrogens (tertiary/aromatic N) is 1. The second kappa shape index (κ2) is 10.2. The highest BCUT2D eigenvalue weighted by Gasteiger charge is 2.16. The maximum absolute atomic E-state index is 13.2. The summed E-state index contributed by atoms with van der Waals surface area (Å²) in [6.07, 6.45) is 0.806. The Morgan fingerprint density at radius 1 is 0.759 bits per heavy atom. The van der Waals surface area contributed by atoms with Gasteiger partial charge in [0.25, 0.3) is 5.91 Å². The average molecular weight is 386 g/mol. The van der Waals surface area contributed by atoms with Crippen LogP contribution in [-0.4, -0.2) is 23.3 Å². The highest BCUT2D eigenvalue weighted by atomic mass is 16.2. The quantitative estimate of drug-likeness (QED) is 0.631. The average Bonchev–Trinajstić information content (AvgIpc) is 2.76. The summed E-state index contributed by atoms with van der Waals surface area (Å²) in [5, 5.41) is 2.77. The lowest BCUT2D eigenvalue weighted by atomic mass is 10.1. The smallest absolute Gasteiger partial charge is 0.254 e. The van der Waals surface area contributed by atoms with Crippen molar-refractivity contribution in [1.29, 1.82) is 0 Å². The molecule has 3 rings (SSSR count). The van der Waals surface area contributed by atoms with E-state index in [2.05, 4.69) is 17.4 Å². The van der Waals surface area contributed by atoms with Crippen LogP contribution in [0, 0.1) is 0 Å². The van der Waals surface area contributed by atoms with Crippen molar-refractivity contribution in [2.24, 2.45) is 0 Å². The first-order chi connectivity index (χ1) is 14.1. The van der Waals surface area contributed by atoms with E-state index in [1.54, 1.807) is 0 Å². The molecule has 3 aromatic rings. The van der Waals surface area contributed by atoms with Gasteiger partial charge in [0.05, 0.1) is 0 Å². The molecule has 0 aliphatic carbocycles. The van der Waals surface area contributed by atoms with Crippen LogP contribution in [0.2, 0.25) is 0 Å². The molecule has 29 heavy (non-hydrogen) atoms. The number of nitrogens with one attached hydrogen (secondary N) is 1. The van der Waals surface area contributed by atoms with Gasteiger partial charge in [-0.05, 0) is 35.2 Å². The summed E-state index contributed by atoms with van der Waals surface area (Å²) >= 11 is 0. The van der Waals surface area contributed by atoms with Gasteiger partial charge in [-0.1, -0.05) is 72.8 Å². The zero-order valence-electron chi connectivity index (χ0n) is 16.7. The van der Waals surface area contributed by atoms with E-state index in [9.17, 15) is 9.59 Å². The molecule has 0 saturated carbocycles. The van der Waals surface area contributed by atoms with Crippen LogP contribution in [0.4, 0.5) is 0 Å². The van der Waals surface area contributed by atoms with Crippen LogP contribution < -0.4 is 5.32 Å². The highest BCUT2D eigenvalue weighted by Crippen LogP contribution is 2.13. The molecule has 0 radical (unpaired) electrons. The number of hydrogen-bond donors (Lipinski definition) is 1. The Morgan fingerprint density at radius 2 is 1.34 bits per heavy atom. The summed E-state index contributed by atoms with van der Waals surface area (Å²) in [4.78, 5) is 26.2. The molecule has 0 unspecified atom stereocenters. The summed E-state index contributed by atoms with van der Waals surface area (Å²) in [5.74, 6) is -0.0593. The van der Waals surface area contributed by atoms with Crippen LogP contribution in [0.5, 0.6) is 0 Å². The van der Waals surface area contributed by atoms with E-state index in [0.29, 0.717) is 25.2 Å². The second-order valence-electron chi connectivity index (χ2n) is 7.05. The fourth-order valence-electron chi connectivity index (χ4n) is 3.14. The van der Waals surface area contributed by atoms with E-state index < -0.39 is 0 Å². The van der Waals surface area contributed by atoms with E-state index in [0.717, 1.165) is 17.5 Å². The minimum atomic E-state index is -0.0694. The van der Waals surface area contributed by atoms with Crippen molar-refractivity contribution in [2.75, 3.05) is 6.54 Å². The molecule has 0 heterocycles. The molecular weight excluding hydrogens is 360 g/mol. The van der Waals surface area contributed by atoms with E-state index in [4.69, 9.17) is 0 Å². The van der Waals surface area contributed by atoms with Crippen molar-refractivity contribution >= 4 is 11.8 Å².